The number of rotatable bonds is 4. The second-order valence-corrected chi connectivity index (χ2v) is 6.03. The van der Waals surface area contributed by atoms with Crippen LogP contribution in [0.5, 0.6) is 0 Å². The fraction of sp³-hybridized carbons (Fsp3) is 0.400. The molecule has 1 aromatic carbocycles. The monoisotopic (exact) mass is 244 g/mol. The number of benzene rings is 1. The molecular formula is C10H20O3Si2. The summed E-state index contributed by atoms with van der Waals surface area (Å²) in [4.78, 5) is 0. The first-order valence-electron chi connectivity index (χ1n) is 4.78. The predicted molar refractivity (Wildman–Crippen MR) is 68.3 cm³/mol. The van der Waals surface area contributed by atoms with Crippen LogP contribution >= 0.6 is 0 Å². The van der Waals surface area contributed by atoms with E-state index in [2.05, 4.69) is 16.6 Å². The number of hydrogen-bond donors (Lipinski definition) is 0. The predicted octanol–water partition coefficient (Wildman–Crippen LogP) is 0.195. The Morgan fingerprint density at radius 2 is 1.53 bits per heavy atom. The Hall–Kier alpha value is -0.466. The zero-order valence-corrected chi connectivity index (χ0v) is 13.1. The molecule has 0 unspecified atom stereocenters. The molecule has 15 heavy (non-hydrogen) atoms. The second-order valence-electron chi connectivity index (χ2n) is 3.00. The van der Waals surface area contributed by atoms with E-state index in [1.807, 2.05) is 18.2 Å². The van der Waals surface area contributed by atoms with Crippen LogP contribution in [0.15, 0.2) is 30.3 Å². The molecule has 3 nitrogen and oxygen atoms in total. The van der Waals surface area contributed by atoms with Gasteiger partial charge in [0.2, 0.25) is 0 Å². The highest BCUT2D eigenvalue weighted by atomic mass is 28.3. The topological polar surface area (TPSA) is 27.7 Å². The van der Waals surface area contributed by atoms with Crippen molar-refractivity contribution in [2.75, 3.05) is 21.3 Å². The molecule has 0 bridgehead atoms. The molecule has 0 amide bonds. The van der Waals surface area contributed by atoms with Crippen molar-refractivity contribution in [2.45, 2.75) is 6.04 Å². The van der Waals surface area contributed by atoms with E-state index in [0.29, 0.717) is 0 Å². The van der Waals surface area contributed by atoms with Crippen molar-refractivity contribution >= 4 is 19.8 Å². The molecule has 0 fully saturated rings. The Labute approximate surface area is 96.8 Å². The zero-order chi connectivity index (χ0) is 11.5. The summed E-state index contributed by atoms with van der Waals surface area (Å²) < 4.78 is 14.8. The van der Waals surface area contributed by atoms with Gasteiger partial charge in [-0.25, -0.2) is 0 Å². The summed E-state index contributed by atoms with van der Waals surface area (Å²) in [6.07, 6.45) is 0. The Kier molecular flexibility index (Phi) is 9.75. The highest BCUT2D eigenvalue weighted by Gasteiger charge is 2.09. The molecule has 0 aromatic heterocycles. The van der Waals surface area contributed by atoms with Crippen LogP contribution in [0.2, 0.25) is 0 Å². The van der Waals surface area contributed by atoms with Crippen molar-refractivity contribution in [3.05, 3.63) is 35.9 Å². The van der Waals surface area contributed by atoms with E-state index in [0.717, 1.165) is 16.5 Å². The van der Waals surface area contributed by atoms with Gasteiger partial charge < -0.3 is 13.3 Å². The van der Waals surface area contributed by atoms with Gasteiger partial charge >= 0.3 is 9.28 Å². The van der Waals surface area contributed by atoms with Crippen LogP contribution in [0.4, 0.5) is 0 Å². The average molecular weight is 244 g/mol. The van der Waals surface area contributed by atoms with E-state index < -0.39 is 9.28 Å². The van der Waals surface area contributed by atoms with Crippen molar-refractivity contribution in [1.29, 1.82) is 0 Å². The molecule has 0 saturated carbocycles. The zero-order valence-electron chi connectivity index (χ0n) is 9.90. The minimum atomic E-state index is -1.42. The molecule has 0 aliphatic carbocycles. The lowest BCUT2D eigenvalue weighted by atomic mass is 10.2. The van der Waals surface area contributed by atoms with Gasteiger partial charge in [-0.05, 0) is 5.56 Å². The van der Waals surface area contributed by atoms with Gasteiger partial charge in [0.15, 0.2) is 0 Å². The summed E-state index contributed by atoms with van der Waals surface area (Å²) in [6.45, 7) is 0. The molecule has 86 valence electrons. The third-order valence-electron chi connectivity index (χ3n) is 1.77. The Morgan fingerprint density at radius 1 is 1.07 bits per heavy atom. The van der Waals surface area contributed by atoms with Crippen LogP contribution in [0.3, 0.4) is 0 Å². The fourth-order valence-corrected chi connectivity index (χ4v) is 2.25. The van der Waals surface area contributed by atoms with E-state index in [1.54, 1.807) is 21.3 Å². The van der Waals surface area contributed by atoms with Crippen LogP contribution < -0.4 is 0 Å². The van der Waals surface area contributed by atoms with Gasteiger partial charge in [-0.1, -0.05) is 30.3 Å². The quantitative estimate of drug-likeness (QED) is 0.708. The molecule has 0 saturated heterocycles. The molecule has 1 aromatic rings. The fourth-order valence-electron chi connectivity index (χ4n) is 1.07. The van der Waals surface area contributed by atoms with Crippen LogP contribution in [0.1, 0.15) is 5.56 Å². The maximum atomic E-state index is 5.22. The highest BCUT2D eigenvalue weighted by Crippen LogP contribution is 2.02. The van der Waals surface area contributed by atoms with Crippen molar-refractivity contribution in [3.63, 3.8) is 0 Å². The van der Waals surface area contributed by atoms with Crippen molar-refractivity contribution in [2.24, 2.45) is 0 Å². The summed E-state index contributed by atoms with van der Waals surface area (Å²) >= 11 is 0. The van der Waals surface area contributed by atoms with Crippen LogP contribution in [-0.2, 0) is 19.3 Å². The largest absolute Gasteiger partial charge is 0.431 e. The number of hydrogen-bond acceptors (Lipinski definition) is 3. The van der Waals surface area contributed by atoms with E-state index in [4.69, 9.17) is 8.85 Å². The minimum Gasteiger partial charge on any atom is -0.431 e. The van der Waals surface area contributed by atoms with E-state index in [-0.39, 0.29) is 0 Å². The molecule has 0 aliphatic heterocycles. The van der Waals surface area contributed by atoms with Crippen molar-refractivity contribution < 1.29 is 13.3 Å². The molecule has 1 rings (SSSR count). The summed E-state index contributed by atoms with van der Waals surface area (Å²) in [5, 5.41) is 0. The molecule has 0 aliphatic rings. The Balaban J connectivity index is 0.000000583. The third kappa shape index (κ3) is 7.46. The van der Waals surface area contributed by atoms with Gasteiger partial charge in [-0.3, -0.25) is 0 Å². The lowest BCUT2D eigenvalue weighted by Gasteiger charge is -2.09. The molecule has 5 heteroatoms. The highest BCUT2D eigenvalue weighted by molar-refractivity contribution is 6.43. The third-order valence-corrected chi connectivity index (χ3v) is 3.63. The van der Waals surface area contributed by atoms with Gasteiger partial charge in [-0.15, -0.1) is 0 Å². The van der Waals surface area contributed by atoms with Gasteiger partial charge in [0.05, 0.1) is 0 Å². The summed E-state index contributed by atoms with van der Waals surface area (Å²) in [5.41, 5.74) is 1.29. The first kappa shape index (κ1) is 14.5. The van der Waals surface area contributed by atoms with Crippen LogP contribution in [0.25, 0.3) is 0 Å². The van der Waals surface area contributed by atoms with Crippen molar-refractivity contribution in [1.82, 2.24) is 0 Å². The van der Waals surface area contributed by atoms with Crippen LogP contribution in [-0.4, -0.2) is 41.1 Å². The van der Waals surface area contributed by atoms with Gasteiger partial charge in [0.25, 0.3) is 0 Å². The summed E-state index contributed by atoms with van der Waals surface area (Å²) in [5.74, 6) is 0. The van der Waals surface area contributed by atoms with E-state index >= 15 is 0 Å². The maximum absolute atomic E-state index is 5.22. The lowest BCUT2D eigenvalue weighted by molar-refractivity contribution is 0.277. The SMILES string of the molecule is CO[SiH3].CO[SiH](Cc1ccccc1)OC. The van der Waals surface area contributed by atoms with Crippen molar-refractivity contribution in [3.8, 4) is 0 Å². The van der Waals surface area contributed by atoms with Gasteiger partial charge in [-0.2, -0.15) is 0 Å². The smallest absolute Gasteiger partial charge is 0.325 e. The first-order valence-corrected chi connectivity index (χ1v) is 7.35. The standard InChI is InChI=1S/C9H14O2Si.CH6OSi/c1-10-12(11-2)8-9-6-4-3-5-7-9;1-2-3/h3-7,12H,8H2,1-2H3;1,3H3. The van der Waals surface area contributed by atoms with E-state index in [9.17, 15) is 0 Å². The molecule has 0 N–H and O–H groups in total. The normalized spacial score (nSPS) is 9.87. The average Bonchev–Trinajstić information content (AvgIpc) is 2.28. The molecule has 0 atom stereocenters. The summed E-state index contributed by atoms with van der Waals surface area (Å²) in [7, 11) is 4.56. The van der Waals surface area contributed by atoms with Gasteiger partial charge in [0.1, 0.15) is 10.5 Å². The molecule has 0 spiro atoms. The Bertz CT molecular complexity index is 227. The Morgan fingerprint density at radius 3 is 1.93 bits per heavy atom. The maximum Gasteiger partial charge on any atom is 0.325 e. The molecule has 0 radical (unpaired) electrons. The second kappa shape index (κ2) is 10.1. The molecule has 0 heterocycles. The van der Waals surface area contributed by atoms with Crippen LogP contribution in [0, 0.1) is 0 Å². The lowest BCUT2D eigenvalue weighted by Crippen LogP contribution is -2.22. The van der Waals surface area contributed by atoms with E-state index in [1.165, 1.54) is 5.56 Å². The van der Waals surface area contributed by atoms with Gasteiger partial charge in [0, 0.05) is 27.4 Å². The summed E-state index contributed by atoms with van der Waals surface area (Å²) in [6, 6.07) is 11.2. The minimum absolute atomic E-state index is 0.869. The first-order chi connectivity index (χ1) is 7.28. The molecular weight excluding hydrogens is 224 g/mol.